The Balaban J connectivity index is 1.71. The summed E-state index contributed by atoms with van der Waals surface area (Å²) < 4.78 is 46.4. The SMILES string of the molecule is C=C1C(C(C)(F)F)=CC(c2ccoc2)=CN1/C=C(\C)CNC(=O)Cc1ccc(F)cc1. The molecule has 0 bridgehead atoms. The molecule has 0 saturated heterocycles. The zero-order valence-corrected chi connectivity index (χ0v) is 17.3. The minimum Gasteiger partial charge on any atom is -0.472 e. The third-order valence-electron chi connectivity index (χ3n) is 4.73. The highest BCUT2D eigenvalue weighted by Crippen LogP contribution is 2.37. The first-order valence-corrected chi connectivity index (χ1v) is 9.64. The Morgan fingerprint density at radius 3 is 2.58 bits per heavy atom. The Labute approximate surface area is 179 Å². The summed E-state index contributed by atoms with van der Waals surface area (Å²) in [5, 5.41) is 2.77. The van der Waals surface area contributed by atoms with Crippen LogP contribution in [0, 0.1) is 5.82 Å². The van der Waals surface area contributed by atoms with Crippen LogP contribution in [-0.4, -0.2) is 23.3 Å². The van der Waals surface area contributed by atoms with Crippen molar-refractivity contribution in [2.75, 3.05) is 6.54 Å². The van der Waals surface area contributed by atoms with E-state index >= 15 is 0 Å². The largest absolute Gasteiger partial charge is 0.472 e. The molecule has 0 fully saturated rings. The van der Waals surface area contributed by atoms with E-state index in [1.54, 1.807) is 37.5 Å². The van der Waals surface area contributed by atoms with Gasteiger partial charge in [-0.1, -0.05) is 18.7 Å². The minimum absolute atomic E-state index is 0.115. The molecular weight excluding hydrogens is 405 g/mol. The van der Waals surface area contributed by atoms with Gasteiger partial charge in [-0.05, 0) is 42.3 Å². The van der Waals surface area contributed by atoms with Gasteiger partial charge in [-0.15, -0.1) is 0 Å². The van der Waals surface area contributed by atoms with Crippen LogP contribution in [0.4, 0.5) is 13.2 Å². The Bertz CT molecular complexity index is 1040. The zero-order chi connectivity index (χ0) is 22.6. The number of amides is 1. The van der Waals surface area contributed by atoms with E-state index in [0.29, 0.717) is 16.7 Å². The van der Waals surface area contributed by atoms with E-state index in [1.165, 1.54) is 35.6 Å². The fraction of sp³-hybridized carbons (Fsp3) is 0.208. The highest BCUT2D eigenvalue weighted by molar-refractivity contribution is 5.79. The average molecular weight is 428 g/mol. The molecular formula is C24H23F3N2O2. The quantitative estimate of drug-likeness (QED) is 0.639. The number of carbonyl (C=O) groups is 1. The van der Waals surface area contributed by atoms with Crippen LogP contribution in [0.2, 0.25) is 0 Å². The number of furan rings is 1. The van der Waals surface area contributed by atoms with Crippen molar-refractivity contribution >= 4 is 11.5 Å². The maximum absolute atomic E-state index is 14.2. The average Bonchev–Trinajstić information content (AvgIpc) is 3.24. The molecule has 31 heavy (non-hydrogen) atoms. The zero-order valence-electron chi connectivity index (χ0n) is 17.3. The van der Waals surface area contributed by atoms with Gasteiger partial charge in [0.25, 0.3) is 5.92 Å². The molecule has 7 heteroatoms. The molecule has 0 aliphatic carbocycles. The monoisotopic (exact) mass is 428 g/mol. The van der Waals surface area contributed by atoms with Gasteiger partial charge in [0.2, 0.25) is 5.91 Å². The van der Waals surface area contributed by atoms with Crippen LogP contribution in [0.1, 0.15) is 25.0 Å². The van der Waals surface area contributed by atoms with Gasteiger partial charge in [0.05, 0.1) is 18.9 Å². The molecule has 3 rings (SSSR count). The standard InChI is InChI=1S/C24H23F3N2O2/c1-16(12-28-23(30)10-18-4-6-21(25)7-5-18)13-29-14-20(19-8-9-31-15-19)11-22(17(29)2)24(3,26)27/h4-9,11,13-15H,2,10,12H2,1,3H3,(H,28,30)/b16-13+. The van der Waals surface area contributed by atoms with Crippen LogP contribution >= 0.6 is 0 Å². The second kappa shape index (κ2) is 9.12. The third kappa shape index (κ3) is 5.78. The second-order valence-electron chi connectivity index (χ2n) is 7.45. The lowest BCUT2D eigenvalue weighted by Crippen LogP contribution is -2.28. The van der Waals surface area contributed by atoms with Crippen LogP contribution in [0.3, 0.4) is 0 Å². The van der Waals surface area contributed by atoms with E-state index in [0.717, 1.165) is 12.5 Å². The number of hydrogen-bond acceptors (Lipinski definition) is 3. The van der Waals surface area contributed by atoms with Crippen LogP contribution < -0.4 is 5.32 Å². The van der Waals surface area contributed by atoms with Gasteiger partial charge >= 0.3 is 0 Å². The lowest BCUT2D eigenvalue weighted by molar-refractivity contribution is -0.120. The van der Waals surface area contributed by atoms with E-state index in [1.807, 2.05) is 0 Å². The number of rotatable bonds is 7. The summed E-state index contributed by atoms with van der Waals surface area (Å²) in [6.45, 7) is 6.64. The first-order valence-electron chi connectivity index (χ1n) is 9.64. The van der Waals surface area contributed by atoms with Crippen molar-refractivity contribution in [2.45, 2.75) is 26.2 Å². The van der Waals surface area contributed by atoms with Crippen molar-refractivity contribution in [1.29, 1.82) is 0 Å². The molecule has 1 aliphatic heterocycles. The van der Waals surface area contributed by atoms with Crippen LogP contribution in [-0.2, 0) is 11.2 Å². The summed E-state index contributed by atoms with van der Waals surface area (Å²) >= 11 is 0. The molecule has 2 aromatic rings. The summed E-state index contributed by atoms with van der Waals surface area (Å²) in [5.41, 5.74) is 2.60. The van der Waals surface area contributed by atoms with Gasteiger partial charge in [0, 0.05) is 48.3 Å². The second-order valence-corrected chi connectivity index (χ2v) is 7.45. The fourth-order valence-corrected chi connectivity index (χ4v) is 3.10. The van der Waals surface area contributed by atoms with Crippen molar-refractivity contribution in [3.05, 3.63) is 102 Å². The highest BCUT2D eigenvalue weighted by Gasteiger charge is 2.33. The van der Waals surface area contributed by atoms with Gasteiger partial charge in [0.15, 0.2) is 0 Å². The van der Waals surface area contributed by atoms with Crippen LogP contribution in [0.5, 0.6) is 0 Å². The number of benzene rings is 1. The van der Waals surface area contributed by atoms with Gasteiger partial charge in [-0.3, -0.25) is 4.79 Å². The molecule has 0 saturated carbocycles. The van der Waals surface area contributed by atoms with Gasteiger partial charge in [0.1, 0.15) is 5.82 Å². The van der Waals surface area contributed by atoms with Crippen molar-refractivity contribution in [1.82, 2.24) is 10.2 Å². The molecule has 0 atom stereocenters. The Hall–Kier alpha value is -3.48. The Morgan fingerprint density at radius 2 is 1.97 bits per heavy atom. The van der Waals surface area contributed by atoms with Crippen molar-refractivity contribution < 1.29 is 22.4 Å². The lowest BCUT2D eigenvalue weighted by atomic mass is 9.97. The first-order chi connectivity index (χ1) is 14.6. The summed E-state index contributed by atoms with van der Waals surface area (Å²) in [5.74, 6) is -3.67. The maximum atomic E-state index is 14.2. The molecule has 2 heterocycles. The Morgan fingerprint density at radius 1 is 1.26 bits per heavy atom. The van der Waals surface area contributed by atoms with Crippen molar-refractivity contribution in [2.24, 2.45) is 0 Å². The minimum atomic E-state index is -3.08. The molecule has 4 nitrogen and oxygen atoms in total. The molecule has 1 aliphatic rings. The highest BCUT2D eigenvalue weighted by atomic mass is 19.3. The topological polar surface area (TPSA) is 45.5 Å². The summed E-state index contributed by atoms with van der Waals surface area (Å²) in [7, 11) is 0. The third-order valence-corrected chi connectivity index (χ3v) is 4.73. The molecule has 162 valence electrons. The summed E-state index contributed by atoms with van der Waals surface area (Å²) in [4.78, 5) is 13.7. The number of carbonyl (C=O) groups excluding carboxylic acids is 1. The van der Waals surface area contributed by atoms with Crippen molar-refractivity contribution in [3.8, 4) is 0 Å². The number of allylic oxidation sites excluding steroid dienone is 3. The number of halogens is 3. The Kier molecular flexibility index (Phi) is 6.53. The predicted molar refractivity (Wildman–Crippen MR) is 113 cm³/mol. The molecule has 1 aromatic heterocycles. The van der Waals surface area contributed by atoms with E-state index in [9.17, 15) is 18.0 Å². The molecule has 1 aromatic carbocycles. The summed E-state index contributed by atoms with van der Waals surface area (Å²) in [6, 6.07) is 7.39. The van der Waals surface area contributed by atoms with Gasteiger partial charge < -0.3 is 14.6 Å². The fourth-order valence-electron chi connectivity index (χ4n) is 3.10. The van der Waals surface area contributed by atoms with E-state index in [4.69, 9.17) is 4.42 Å². The summed E-state index contributed by atoms with van der Waals surface area (Å²) in [6.07, 6.45) is 7.80. The number of hydrogen-bond donors (Lipinski definition) is 1. The van der Waals surface area contributed by atoms with Gasteiger partial charge in [-0.25, -0.2) is 13.2 Å². The first kappa shape index (κ1) is 22.2. The molecule has 0 spiro atoms. The maximum Gasteiger partial charge on any atom is 0.272 e. The number of nitrogens with zero attached hydrogens (tertiary/aromatic N) is 1. The molecule has 0 radical (unpaired) electrons. The smallest absolute Gasteiger partial charge is 0.272 e. The molecule has 1 amide bonds. The normalized spacial score (nSPS) is 14.9. The van der Waals surface area contributed by atoms with Gasteiger partial charge in [-0.2, -0.15) is 0 Å². The van der Waals surface area contributed by atoms with E-state index in [-0.39, 0.29) is 36.0 Å². The molecule has 0 unspecified atom stereocenters. The van der Waals surface area contributed by atoms with Crippen LogP contribution in [0.25, 0.3) is 5.57 Å². The van der Waals surface area contributed by atoms with E-state index in [2.05, 4.69) is 11.9 Å². The lowest BCUT2D eigenvalue weighted by Gasteiger charge is -2.30. The molecule has 1 N–H and O–H groups in total. The number of alkyl halides is 2. The van der Waals surface area contributed by atoms with Crippen LogP contribution in [0.15, 0.2) is 89.2 Å². The predicted octanol–water partition coefficient (Wildman–Crippen LogP) is 5.43. The van der Waals surface area contributed by atoms with E-state index < -0.39 is 5.92 Å². The number of nitrogens with one attached hydrogen (secondary N) is 1. The van der Waals surface area contributed by atoms with Crippen molar-refractivity contribution in [3.63, 3.8) is 0 Å².